The Morgan fingerprint density at radius 1 is 1.17 bits per heavy atom. The van der Waals surface area contributed by atoms with E-state index in [0.717, 1.165) is 5.69 Å². The summed E-state index contributed by atoms with van der Waals surface area (Å²) < 4.78 is 36.5. The summed E-state index contributed by atoms with van der Waals surface area (Å²) >= 11 is 0. The van der Waals surface area contributed by atoms with Gasteiger partial charge in [-0.3, -0.25) is 4.98 Å². The van der Waals surface area contributed by atoms with Gasteiger partial charge in [0.2, 0.25) is 11.6 Å². The molecule has 0 atom stereocenters. The molecule has 0 bridgehead atoms. The van der Waals surface area contributed by atoms with Gasteiger partial charge in [-0.1, -0.05) is 11.2 Å². The van der Waals surface area contributed by atoms with Gasteiger partial charge in [0.1, 0.15) is 12.3 Å². The summed E-state index contributed by atoms with van der Waals surface area (Å²) in [6, 6.07) is 8.65. The Morgan fingerprint density at radius 2 is 2.04 bits per heavy atom. The standard InChI is InChI=1S/C16H13F2N3O2/c1-10-5-6-11(8-20-10)14-12(15(16(17)18)23-21-14)9-22-13-4-2-3-7-19-13/h2-8,16H,9H2,1H3. The van der Waals surface area contributed by atoms with Crippen molar-refractivity contribution in [2.45, 2.75) is 20.0 Å². The van der Waals surface area contributed by atoms with E-state index in [9.17, 15) is 8.78 Å². The number of hydrogen-bond donors (Lipinski definition) is 0. The van der Waals surface area contributed by atoms with Crippen LogP contribution in [0.25, 0.3) is 11.3 Å². The lowest BCUT2D eigenvalue weighted by Crippen LogP contribution is -2.01. The molecule has 0 aliphatic carbocycles. The molecule has 0 N–H and O–H groups in total. The van der Waals surface area contributed by atoms with Crippen molar-refractivity contribution in [1.82, 2.24) is 15.1 Å². The highest BCUT2D eigenvalue weighted by Crippen LogP contribution is 2.32. The molecule has 0 aromatic carbocycles. The van der Waals surface area contributed by atoms with Crippen LogP contribution in [0.3, 0.4) is 0 Å². The van der Waals surface area contributed by atoms with E-state index in [1.807, 2.05) is 6.92 Å². The van der Waals surface area contributed by atoms with Crippen LogP contribution in [-0.2, 0) is 6.61 Å². The molecule has 3 rings (SSSR count). The molecule has 0 amide bonds. The molecule has 0 radical (unpaired) electrons. The van der Waals surface area contributed by atoms with Crippen molar-refractivity contribution < 1.29 is 18.0 Å². The molecule has 0 fully saturated rings. The highest BCUT2D eigenvalue weighted by molar-refractivity contribution is 5.62. The number of alkyl halides is 2. The zero-order valence-corrected chi connectivity index (χ0v) is 12.2. The van der Waals surface area contributed by atoms with E-state index in [2.05, 4.69) is 15.1 Å². The van der Waals surface area contributed by atoms with Crippen molar-refractivity contribution in [3.63, 3.8) is 0 Å². The van der Waals surface area contributed by atoms with Crippen LogP contribution in [0, 0.1) is 6.92 Å². The number of rotatable bonds is 5. The van der Waals surface area contributed by atoms with Gasteiger partial charge >= 0.3 is 0 Å². The van der Waals surface area contributed by atoms with Crippen LogP contribution in [-0.4, -0.2) is 15.1 Å². The monoisotopic (exact) mass is 317 g/mol. The Labute approximate surface area is 130 Å². The van der Waals surface area contributed by atoms with E-state index < -0.39 is 12.2 Å². The maximum Gasteiger partial charge on any atom is 0.298 e. The SMILES string of the molecule is Cc1ccc(-c2noc(C(F)F)c2COc2ccccn2)cn1. The van der Waals surface area contributed by atoms with E-state index in [0.29, 0.717) is 17.1 Å². The van der Waals surface area contributed by atoms with Crippen LogP contribution in [0.15, 0.2) is 47.2 Å². The van der Waals surface area contributed by atoms with Gasteiger partial charge in [-0.25, -0.2) is 13.8 Å². The first-order valence-corrected chi connectivity index (χ1v) is 6.88. The van der Waals surface area contributed by atoms with Crippen molar-refractivity contribution in [3.05, 3.63) is 59.7 Å². The van der Waals surface area contributed by atoms with Crippen LogP contribution in [0.5, 0.6) is 5.88 Å². The third kappa shape index (κ3) is 3.33. The number of hydrogen-bond acceptors (Lipinski definition) is 5. The average molecular weight is 317 g/mol. The predicted octanol–water partition coefficient (Wildman–Crippen LogP) is 3.96. The van der Waals surface area contributed by atoms with Crippen molar-refractivity contribution in [2.24, 2.45) is 0 Å². The minimum Gasteiger partial charge on any atom is -0.473 e. The van der Waals surface area contributed by atoms with Gasteiger partial charge in [0, 0.05) is 29.7 Å². The summed E-state index contributed by atoms with van der Waals surface area (Å²) in [6.07, 6.45) is 0.339. The molecule has 3 aromatic heterocycles. The van der Waals surface area contributed by atoms with Crippen LogP contribution in [0.2, 0.25) is 0 Å². The van der Waals surface area contributed by atoms with Gasteiger partial charge < -0.3 is 9.26 Å². The molecule has 0 aliphatic heterocycles. The molecule has 0 aliphatic rings. The Bertz CT molecular complexity index is 774. The summed E-state index contributed by atoms with van der Waals surface area (Å²) in [6.45, 7) is 1.71. The lowest BCUT2D eigenvalue weighted by Gasteiger charge is -2.06. The maximum absolute atomic E-state index is 13.1. The first kappa shape index (κ1) is 15.1. The van der Waals surface area contributed by atoms with E-state index in [1.54, 1.807) is 42.7 Å². The summed E-state index contributed by atoms with van der Waals surface area (Å²) in [5.74, 6) is -0.168. The third-order valence-corrected chi connectivity index (χ3v) is 3.20. The Morgan fingerprint density at radius 3 is 2.70 bits per heavy atom. The highest BCUT2D eigenvalue weighted by atomic mass is 19.3. The third-order valence-electron chi connectivity index (χ3n) is 3.20. The second-order valence-electron chi connectivity index (χ2n) is 4.82. The predicted molar refractivity (Wildman–Crippen MR) is 78.0 cm³/mol. The van der Waals surface area contributed by atoms with Crippen molar-refractivity contribution in [3.8, 4) is 17.1 Å². The summed E-state index contributed by atoms with van der Waals surface area (Å²) in [7, 11) is 0. The fourth-order valence-corrected chi connectivity index (χ4v) is 2.05. The fourth-order valence-electron chi connectivity index (χ4n) is 2.05. The zero-order valence-electron chi connectivity index (χ0n) is 12.2. The molecule has 3 heterocycles. The summed E-state index contributed by atoms with van der Waals surface area (Å²) in [4.78, 5) is 8.14. The molecule has 0 spiro atoms. The van der Waals surface area contributed by atoms with Gasteiger partial charge in [0.15, 0.2) is 0 Å². The van der Waals surface area contributed by atoms with E-state index in [4.69, 9.17) is 9.26 Å². The first-order valence-electron chi connectivity index (χ1n) is 6.88. The van der Waals surface area contributed by atoms with Crippen molar-refractivity contribution in [2.75, 3.05) is 0 Å². The maximum atomic E-state index is 13.1. The van der Waals surface area contributed by atoms with E-state index in [-0.39, 0.29) is 12.2 Å². The highest BCUT2D eigenvalue weighted by Gasteiger charge is 2.25. The lowest BCUT2D eigenvalue weighted by atomic mass is 10.1. The van der Waals surface area contributed by atoms with E-state index >= 15 is 0 Å². The van der Waals surface area contributed by atoms with Gasteiger partial charge in [0.05, 0.1) is 5.56 Å². The Kier molecular flexibility index (Phi) is 4.27. The molecular weight excluding hydrogens is 304 g/mol. The fraction of sp³-hybridized carbons (Fsp3) is 0.188. The topological polar surface area (TPSA) is 61.0 Å². The molecule has 23 heavy (non-hydrogen) atoms. The van der Waals surface area contributed by atoms with Crippen molar-refractivity contribution >= 4 is 0 Å². The number of halogens is 2. The first-order chi connectivity index (χ1) is 11.1. The minimum atomic E-state index is -2.78. The number of aryl methyl sites for hydroxylation is 1. The van der Waals surface area contributed by atoms with Gasteiger partial charge in [-0.05, 0) is 25.1 Å². The van der Waals surface area contributed by atoms with Crippen LogP contribution in [0.4, 0.5) is 8.78 Å². The zero-order chi connectivity index (χ0) is 16.2. The van der Waals surface area contributed by atoms with Gasteiger partial charge in [-0.15, -0.1) is 0 Å². The number of nitrogens with zero attached hydrogens (tertiary/aromatic N) is 3. The van der Waals surface area contributed by atoms with Crippen LogP contribution in [0.1, 0.15) is 23.4 Å². The molecule has 7 heteroatoms. The lowest BCUT2D eigenvalue weighted by molar-refractivity contribution is 0.109. The normalized spacial score (nSPS) is 11.0. The number of aromatic nitrogens is 3. The van der Waals surface area contributed by atoms with E-state index in [1.165, 1.54) is 0 Å². The average Bonchev–Trinajstić information content (AvgIpc) is 2.99. The van der Waals surface area contributed by atoms with Crippen molar-refractivity contribution in [1.29, 1.82) is 0 Å². The number of pyridine rings is 2. The molecule has 0 unspecified atom stereocenters. The minimum absolute atomic E-state index is 0.122. The smallest absolute Gasteiger partial charge is 0.298 e. The molecular formula is C16H13F2N3O2. The Hall–Kier alpha value is -2.83. The molecule has 0 saturated carbocycles. The largest absolute Gasteiger partial charge is 0.473 e. The molecule has 0 saturated heterocycles. The summed E-state index contributed by atoms with van der Waals surface area (Å²) in [5.41, 5.74) is 1.89. The van der Waals surface area contributed by atoms with Gasteiger partial charge in [0.25, 0.3) is 6.43 Å². The second kappa shape index (κ2) is 6.51. The summed E-state index contributed by atoms with van der Waals surface area (Å²) in [5, 5.41) is 3.75. The molecule has 5 nitrogen and oxygen atoms in total. The second-order valence-corrected chi connectivity index (χ2v) is 4.82. The quantitative estimate of drug-likeness (QED) is 0.713. The van der Waals surface area contributed by atoms with Crippen LogP contribution < -0.4 is 4.74 Å². The molecule has 3 aromatic rings. The Balaban J connectivity index is 1.92. The molecule has 118 valence electrons. The number of ether oxygens (including phenoxy) is 1. The van der Waals surface area contributed by atoms with Gasteiger partial charge in [-0.2, -0.15) is 0 Å². The van der Waals surface area contributed by atoms with Crippen LogP contribution >= 0.6 is 0 Å².